The van der Waals surface area contributed by atoms with Crippen LogP contribution in [0.15, 0.2) is 29.3 Å². The fourth-order valence-electron chi connectivity index (χ4n) is 4.11. The van der Waals surface area contributed by atoms with Crippen LogP contribution < -0.4 is 15.4 Å². The van der Waals surface area contributed by atoms with Gasteiger partial charge >= 0.3 is 0 Å². The first-order valence-corrected chi connectivity index (χ1v) is 11.9. The number of piperidine rings is 1. The number of aliphatic imine (C=N–C) groups is 1. The normalized spacial score (nSPS) is 19.2. The molecule has 1 saturated heterocycles. The monoisotopic (exact) mass is 549 g/mol. The first-order valence-electron chi connectivity index (χ1n) is 10.3. The molecule has 10 heteroatoms. The summed E-state index contributed by atoms with van der Waals surface area (Å²) in [6.45, 7) is 4.92. The Hall–Kier alpha value is -1.56. The predicted molar refractivity (Wildman–Crippen MR) is 131 cm³/mol. The number of rotatable bonds is 7. The second-order valence-corrected chi connectivity index (χ2v) is 9.64. The zero-order valence-corrected chi connectivity index (χ0v) is 20.6. The number of nitrogens with two attached hydrogens (primary N) is 1. The highest BCUT2D eigenvalue weighted by Gasteiger charge is 2.29. The van der Waals surface area contributed by atoms with Crippen LogP contribution in [0.1, 0.15) is 31.7 Å². The molecule has 0 bridgehead atoms. The number of nitrogens with one attached hydrogen (secondary N) is 1. The molecule has 2 aliphatic heterocycles. The zero-order valence-electron chi connectivity index (χ0n) is 17.4. The lowest BCUT2D eigenvalue weighted by molar-refractivity contribution is -0.119. The van der Waals surface area contributed by atoms with Gasteiger partial charge in [-0.2, -0.15) is 0 Å². The third kappa shape index (κ3) is 6.22. The highest BCUT2D eigenvalue weighted by molar-refractivity contribution is 14.0. The second kappa shape index (κ2) is 11.2. The van der Waals surface area contributed by atoms with E-state index < -0.39 is 10.0 Å². The van der Waals surface area contributed by atoms with Crippen LogP contribution in [-0.2, 0) is 21.2 Å². The topological polar surface area (TPSA) is 108 Å². The number of anilines is 1. The lowest BCUT2D eigenvalue weighted by Gasteiger charge is -2.34. The van der Waals surface area contributed by atoms with E-state index in [1.165, 1.54) is 4.31 Å². The van der Waals surface area contributed by atoms with Gasteiger partial charge in [0.1, 0.15) is 0 Å². The number of guanidine groups is 1. The van der Waals surface area contributed by atoms with Crippen molar-refractivity contribution in [3.05, 3.63) is 29.8 Å². The largest absolute Gasteiger partial charge is 0.370 e. The van der Waals surface area contributed by atoms with E-state index in [0.717, 1.165) is 37.1 Å². The minimum Gasteiger partial charge on any atom is -0.370 e. The molecule has 1 fully saturated rings. The molecule has 0 spiro atoms. The van der Waals surface area contributed by atoms with Gasteiger partial charge in [0.25, 0.3) is 0 Å². The average Bonchev–Trinajstić information content (AvgIpc) is 3.12. The van der Waals surface area contributed by atoms with Crippen molar-refractivity contribution in [3.8, 4) is 0 Å². The number of hydrogen-bond donors (Lipinski definition) is 2. The summed E-state index contributed by atoms with van der Waals surface area (Å²) >= 11 is 0. The number of halogens is 1. The van der Waals surface area contributed by atoms with Gasteiger partial charge in [-0.05, 0) is 43.7 Å². The van der Waals surface area contributed by atoms with Gasteiger partial charge in [0.05, 0.1) is 18.0 Å². The average molecular weight is 549 g/mol. The number of carbonyl (C=O) groups is 1. The molecular formula is C20H32IN5O3S. The second-order valence-electron chi connectivity index (χ2n) is 7.63. The molecule has 3 rings (SSSR count). The van der Waals surface area contributed by atoms with Gasteiger partial charge in [-0.15, -0.1) is 24.0 Å². The van der Waals surface area contributed by atoms with Crippen LogP contribution in [0.5, 0.6) is 0 Å². The van der Waals surface area contributed by atoms with Gasteiger partial charge in [-0.1, -0.05) is 18.2 Å². The van der Waals surface area contributed by atoms with E-state index in [0.29, 0.717) is 32.0 Å². The molecule has 2 aliphatic rings. The molecule has 168 valence electrons. The highest BCUT2D eigenvalue weighted by Crippen LogP contribution is 2.30. The molecule has 8 nitrogen and oxygen atoms in total. The first kappa shape index (κ1) is 24.7. The molecule has 3 N–H and O–H groups in total. The van der Waals surface area contributed by atoms with Crippen molar-refractivity contribution < 1.29 is 13.2 Å². The molecule has 1 unspecified atom stereocenters. The van der Waals surface area contributed by atoms with Crippen LogP contribution in [-0.4, -0.2) is 63.7 Å². The van der Waals surface area contributed by atoms with Gasteiger partial charge in [0.2, 0.25) is 15.9 Å². The molecule has 0 radical (unpaired) electrons. The molecule has 30 heavy (non-hydrogen) atoms. The quantitative estimate of drug-likeness (QED) is 0.305. The Morgan fingerprint density at radius 3 is 2.80 bits per heavy atom. The lowest BCUT2D eigenvalue weighted by atomic mass is 9.95. The molecular weight excluding hydrogens is 517 g/mol. The zero-order chi connectivity index (χ0) is 20.9. The smallest absolute Gasteiger partial charge is 0.237 e. The minimum atomic E-state index is -3.42. The molecule has 1 amide bonds. The van der Waals surface area contributed by atoms with Crippen molar-refractivity contribution in [2.24, 2.45) is 16.6 Å². The Bertz CT molecular complexity index is 862. The standard InChI is InChI=1S/C20H31N5O3S.HI/c1-2-22-20(24-11-5-6-16(15-24)14-19(21)26)23-10-13-29(27,28)25-12-9-17-7-3-4-8-18(17)25;/h3-4,7-8,16H,2,5-6,9-15H2,1H3,(H2,21,26)(H,22,23);1H. The number of benzene rings is 1. The van der Waals surface area contributed by atoms with E-state index in [2.05, 4.69) is 15.2 Å². The lowest BCUT2D eigenvalue weighted by Crippen LogP contribution is -2.47. The number of sulfonamides is 1. The Kier molecular flexibility index (Phi) is 9.20. The number of nitrogens with zero attached hydrogens (tertiary/aromatic N) is 3. The number of amides is 1. The van der Waals surface area contributed by atoms with Gasteiger partial charge < -0.3 is 16.0 Å². The SMILES string of the molecule is CCNC(=NCCS(=O)(=O)N1CCc2ccccc21)N1CCCC(CC(N)=O)C1.I. The molecule has 0 aromatic heterocycles. The summed E-state index contributed by atoms with van der Waals surface area (Å²) in [7, 11) is -3.42. The number of likely N-dealkylation sites (tertiary alicyclic amines) is 1. The Morgan fingerprint density at radius 2 is 2.07 bits per heavy atom. The van der Waals surface area contributed by atoms with E-state index in [4.69, 9.17) is 5.73 Å². The maximum Gasteiger partial charge on any atom is 0.237 e. The third-order valence-corrected chi connectivity index (χ3v) is 7.18. The molecule has 1 aromatic carbocycles. The summed E-state index contributed by atoms with van der Waals surface area (Å²) in [5, 5.41) is 3.25. The molecule has 0 saturated carbocycles. The van der Waals surface area contributed by atoms with Crippen LogP contribution in [0, 0.1) is 5.92 Å². The van der Waals surface area contributed by atoms with Crippen LogP contribution in [0.4, 0.5) is 5.69 Å². The van der Waals surface area contributed by atoms with E-state index in [9.17, 15) is 13.2 Å². The third-order valence-electron chi connectivity index (χ3n) is 5.43. The summed E-state index contributed by atoms with van der Waals surface area (Å²) in [5.41, 5.74) is 7.21. The van der Waals surface area contributed by atoms with E-state index in [1.807, 2.05) is 31.2 Å². The summed E-state index contributed by atoms with van der Waals surface area (Å²) in [5.74, 6) is 0.610. The van der Waals surface area contributed by atoms with Crippen molar-refractivity contribution in [2.75, 3.05) is 42.8 Å². The predicted octanol–water partition coefficient (Wildman–Crippen LogP) is 1.55. The van der Waals surface area contributed by atoms with Gasteiger partial charge in [0.15, 0.2) is 5.96 Å². The molecule has 1 aromatic rings. The van der Waals surface area contributed by atoms with Crippen LogP contribution in [0.3, 0.4) is 0 Å². The van der Waals surface area contributed by atoms with Crippen LogP contribution in [0.25, 0.3) is 0 Å². The van der Waals surface area contributed by atoms with Crippen molar-refractivity contribution >= 4 is 51.6 Å². The Labute approximate surface area is 196 Å². The number of fused-ring (bicyclic) bond motifs is 1. The van der Waals surface area contributed by atoms with E-state index >= 15 is 0 Å². The van der Waals surface area contributed by atoms with Crippen LogP contribution in [0.2, 0.25) is 0 Å². The first-order chi connectivity index (χ1) is 13.9. The summed E-state index contributed by atoms with van der Waals surface area (Å²) in [6, 6.07) is 7.64. The molecule has 2 heterocycles. The molecule has 0 aliphatic carbocycles. The minimum absolute atomic E-state index is 0. The van der Waals surface area contributed by atoms with Gasteiger partial charge in [-0.25, -0.2) is 8.42 Å². The van der Waals surface area contributed by atoms with Crippen LogP contribution >= 0.6 is 24.0 Å². The highest BCUT2D eigenvalue weighted by atomic mass is 127. The maximum atomic E-state index is 12.9. The Balaban J connectivity index is 0.00000320. The fourth-order valence-corrected chi connectivity index (χ4v) is 5.50. The Morgan fingerprint density at radius 1 is 1.30 bits per heavy atom. The number of para-hydroxylation sites is 1. The van der Waals surface area contributed by atoms with Gasteiger partial charge in [-0.3, -0.25) is 14.1 Å². The van der Waals surface area contributed by atoms with Crippen molar-refractivity contribution in [1.29, 1.82) is 0 Å². The van der Waals surface area contributed by atoms with Crippen molar-refractivity contribution in [2.45, 2.75) is 32.6 Å². The summed E-state index contributed by atoms with van der Waals surface area (Å²) in [6.07, 6.45) is 3.06. The summed E-state index contributed by atoms with van der Waals surface area (Å²) in [4.78, 5) is 17.9. The fraction of sp³-hybridized carbons (Fsp3) is 0.600. The van der Waals surface area contributed by atoms with E-state index in [-0.39, 0.29) is 48.1 Å². The maximum absolute atomic E-state index is 12.9. The number of primary amides is 1. The molecule has 1 atom stereocenters. The van der Waals surface area contributed by atoms with Crippen molar-refractivity contribution in [3.63, 3.8) is 0 Å². The van der Waals surface area contributed by atoms with E-state index in [1.54, 1.807) is 0 Å². The van der Waals surface area contributed by atoms with Crippen molar-refractivity contribution in [1.82, 2.24) is 10.2 Å². The number of carbonyl (C=O) groups excluding carboxylic acids is 1. The number of hydrogen-bond acceptors (Lipinski definition) is 4. The van der Waals surface area contributed by atoms with Gasteiger partial charge in [0, 0.05) is 32.6 Å². The summed E-state index contributed by atoms with van der Waals surface area (Å²) < 4.78 is 27.2.